The monoisotopic (exact) mass is 445 g/mol. The van der Waals surface area contributed by atoms with Gasteiger partial charge in [-0.2, -0.15) is 0 Å². The molecular weight excluding hydrogens is 418 g/mol. The highest BCUT2D eigenvalue weighted by molar-refractivity contribution is 6.04. The van der Waals surface area contributed by atoms with E-state index in [0.717, 1.165) is 5.56 Å². The van der Waals surface area contributed by atoms with E-state index in [1.807, 2.05) is 30.3 Å². The van der Waals surface area contributed by atoms with Gasteiger partial charge in [0.05, 0.1) is 17.5 Å². The number of rotatable bonds is 6. The van der Waals surface area contributed by atoms with Crippen LogP contribution in [0.1, 0.15) is 39.3 Å². The summed E-state index contributed by atoms with van der Waals surface area (Å²) < 4.78 is 5.19. The van der Waals surface area contributed by atoms with E-state index in [-0.39, 0.29) is 23.6 Å². The van der Waals surface area contributed by atoms with Crippen molar-refractivity contribution in [1.29, 1.82) is 0 Å². The maximum Gasteiger partial charge on any atom is 0.289 e. The third kappa shape index (κ3) is 5.31. The number of piperidine rings is 1. The number of furan rings is 1. The first kappa shape index (κ1) is 22.3. The number of hydrogen-bond acceptors (Lipinski definition) is 4. The summed E-state index contributed by atoms with van der Waals surface area (Å²) >= 11 is 0. The third-order valence-corrected chi connectivity index (χ3v) is 5.91. The zero-order valence-electron chi connectivity index (χ0n) is 18.6. The van der Waals surface area contributed by atoms with Crippen molar-refractivity contribution in [3.63, 3.8) is 0 Å². The molecule has 0 unspecified atom stereocenters. The lowest BCUT2D eigenvalue weighted by molar-refractivity contribution is -0.121. The van der Waals surface area contributed by atoms with Crippen molar-refractivity contribution in [1.82, 2.24) is 9.80 Å². The largest absolute Gasteiger partial charge is 0.459 e. The summed E-state index contributed by atoms with van der Waals surface area (Å²) in [5.41, 5.74) is 1.99. The van der Waals surface area contributed by atoms with Crippen LogP contribution >= 0.6 is 0 Å². The zero-order chi connectivity index (χ0) is 23.2. The zero-order valence-corrected chi connectivity index (χ0v) is 18.6. The first-order chi connectivity index (χ1) is 16.0. The van der Waals surface area contributed by atoms with Gasteiger partial charge < -0.3 is 19.5 Å². The molecule has 7 heteroatoms. The van der Waals surface area contributed by atoms with Crippen LogP contribution in [0.4, 0.5) is 5.69 Å². The summed E-state index contributed by atoms with van der Waals surface area (Å²) in [5, 5.41) is 2.94. The Morgan fingerprint density at radius 1 is 0.970 bits per heavy atom. The molecule has 1 fully saturated rings. The molecule has 1 aromatic heterocycles. The minimum Gasteiger partial charge on any atom is -0.459 e. The Bertz CT molecular complexity index is 1100. The molecule has 0 atom stereocenters. The molecule has 0 spiro atoms. The Labute approximate surface area is 193 Å². The van der Waals surface area contributed by atoms with Gasteiger partial charge in [0, 0.05) is 32.6 Å². The van der Waals surface area contributed by atoms with E-state index >= 15 is 0 Å². The summed E-state index contributed by atoms with van der Waals surface area (Å²) in [4.78, 5) is 41.8. The number of likely N-dealkylation sites (tertiary alicyclic amines) is 1. The van der Waals surface area contributed by atoms with Crippen LogP contribution in [-0.4, -0.2) is 47.7 Å². The van der Waals surface area contributed by atoms with Gasteiger partial charge in [-0.1, -0.05) is 42.5 Å². The predicted octanol–water partition coefficient (Wildman–Crippen LogP) is 4.04. The normalized spacial score (nSPS) is 14.0. The molecule has 170 valence electrons. The molecule has 1 saturated heterocycles. The molecule has 0 bridgehead atoms. The molecule has 3 aromatic rings. The van der Waals surface area contributed by atoms with Crippen molar-refractivity contribution < 1.29 is 18.8 Å². The molecule has 0 aliphatic carbocycles. The molecule has 3 amide bonds. The first-order valence-corrected chi connectivity index (χ1v) is 11.0. The van der Waals surface area contributed by atoms with Crippen LogP contribution in [0.15, 0.2) is 77.4 Å². The van der Waals surface area contributed by atoms with Crippen molar-refractivity contribution >= 4 is 23.4 Å². The molecule has 33 heavy (non-hydrogen) atoms. The maximum absolute atomic E-state index is 13.1. The average molecular weight is 446 g/mol. The SMILES string of the molecule is CN(Cc1ccccc1)C(=O)c1ccccc1NC(=O)C1CCN(C(=O)c2ccco2)CC1. The molecule has 4 rings (SSSR count). The standard InChI is InChI=1S/C26H27N3O4/c1-28(18-19-8-3-2-4-9-19)25(31)21-10-5-6-11-22(21)27-24(30)20-13-15-29(16-14-20)26(32)23-12-7-17-33-23/h2-12,17,20H,13-16,18H2,1H3,(H,27,30). The first-order valence-electron chi connectivity index (χ1n) is 11.0. The Morgan fingerprint density at radius 3 is 2.36 bits per heavy atom. The molecule has 1 aliphatic rings. The number of amides is 3. The van der Waals surface area contributed by atoms with Gasteiger partial charge >= 0.3 is 0 Å². The van der Waals surface area contributed by atoms with E-state index in [1.54, 1.807) is 53.2 Å². The summed E-state index contributed by atoms with van der Waals surface area (Å²) in [6.07, 6.45) is 2.59. The number of para-hydroxylation sites is 1. The van der Waals surface area contributed by atoms with Gasteiger partial charge in [-0.15, -0.1) is 0 Å². The topological polar surface area (TPSA) is 82.9 Å². The van der Waals surface area contributed by atoms with Crippen LogP contribution in [-0.2, 0) is 11.3 Å². The summed E-state index contributed by atoms with van der Waals surface area (Å²) in [6, 6.07) is 20.2. The van der Waals surface area contributed by atoms with Crippen molar-refractivity contribution in [3.8, 4) is 0 Å². The fourth-order valence-corrected chi connectivity index (χ4v) is 4.05. The molecular formula is C26H27N3O4. The molecule has 7 nitrogen and oxygen atoms in total. The average Bonchev–Trinajstić information content (AvgIpc) is 3.39. The molecule has 0 radical (unpaired) electrons. The van der Waals surface area contributed by atoms with E-state index in [0.29, 0.717) is 49.5 Å². The molecule has 0 saturated carbocycles. The second-order valence-electron chi connectivity index (χ2n) is 8.23. The summed E-state index contributed by atoms with van der Waals surface area (Å²) in [7, 11) is 1.75. The van der Waals surface area contributed by atoms with E-state index in [4.69, 9.17) is 4.42 Å². The van der Waals surface area contributed by atoms with Crippen LogP contribution < -0.4 is 5.32 Å². The lowest BCUT2D eigenvalue weighted by atomic mass is 9.95. The second-order valence-corrected chi connectivity index (χ2v) is 8.23. The highest BCUT2D eigenvalue weighted by Gasteiger charge is 2.29. The second kappa shape index (κ2) is 10.2. The number of anilines is 1. The van der Waals surface area contributed by atoms with Gasteiger partial charge in [-0.05, 0) is 42.7 Å². The molecule has 2 heterocycles. The third-order valence-electron chi connectivity index (χ3n) is 5.91. The van der Waals surface area contributed by atoms with E-state index in [9.17, 15) is 14.4 Å². The fraction of sp³-hybridized carbons (Fsp3) is 0.269. The van der Waals surface area contributed by atoms with E-state index in [1.165, 1.54) is 6.26 Å². The fourth-order valence-electron chi connectivity index (χ4n) is 4.05. The van der Waals surface area contributed by atoms with E-state index < -0.39 is 0 Å². The van der Waals surface area contributed by atoms with Gasteiger partial charge in [-0.3, -0.25) is 14.4 Å². The van der Waals surface area contributed by atoms with Crippen molar-refractivity contribution in [2.75, 3.05) is 25.5 Å². The smallest absolute Gasteiger partial charge is 0.289 e. The van der Waals surface area contributed by atoms with Crippen molar-refractivity contribution in [2.24, 2.45) is 5.92 Å². The Kier molecular flexibility index (Phi) is 6.88. The number of carbonyl (C=O) groups is 3. The van der Waals surface area contributed by atoms with Crippen molar-refractivity contribution in [3.05, 3.63) is 89.9 Å². The van der Waals surface area contributed by atoms with Gasteiger partial charge in [0.2, 0.25) is 5.91 Å². The maximum atomic E-state index is 13.1. The molecule has 1 N–H and O–H groups in total. The van der Waals surface area contributed by atoms with Crippen LogP contribution in [0.25, 0.3) is 0 Å². The highest BCUT2D eigenvalue weighted by atomic mass is 16.3. The Balaban J connectivity index is 1.37. The minimum absolute atomic E-state index is 0.133. The lowest BCUT2D eigenvalue weighted by Crippen LogP contribution is -2.41. The molecule has 2 aromatic carbocycles. The molecule has 1 aliphatic heterocycles. The number of hydrogen-bond donors (Lipinski definition) is 1. The Hall–Kier alpha value is -3.87. The van der Waals surface area contributed by atoms with Crippen LogP contribution in [0.5, 0.6) is 0 Å². The summed E-state index contributed by atoms with van der Waals surface area (Å²) in [6.45, 7) is 1.44. The van der Waals surface area contributed by atoms with Crippen LogP contribution in [0.2, 0.25) is 0 Å². The Morgan fingerprint density at radius 2 is 1.67 bits per heavy atom. The van der Waals surface area contributed by atoms with E-state index in [2.05, 4.69) is 5.32 Å². The van der Waals surface area contributed by atoms with Gasteiger partial charge in [0.25, 0.3) is 11.8 Å². The number of carbonyl (C=O) groups excluding carboxylic acids is 3. The predicted molar refractivity (Wildman–Crippen MR) is 125 cm³/mol. The van der Waals surface area contributed by atoms with Crippen LogP contribution in [0.3, 0.4) is 0 Å². The number of benzene rings is 2. The quantitative estimate of drug-likeness (QED) is 0.621. The van der Waals surface area contributed by atoms with Crippen molar-refractivity contribution in [2.45, 2.75) is 19.4 Å². The number of nitrogens with one attached hydrogen (secondary N) is 1. The van der Waals surface area contributed by atoms with Crippen LogP contribution in [0, 0.1) is 5.92 Å². The summed E-state index contributed by atoms with van der Waals surface area (Å²) in [5.74, 6) is -0.364. The lowest BCUT2D eigenvalue weighted by Gasteiger charge is -2.31. The number of nitrogens with zero attached hydrogens (tertiary/aromatic N) is 2. The minimum atomic E-state index is -0.226. The highest BCUT2D eigenvalue weighted by Crippen LogP contribution is 2.23. The van der Waals surface area contributed by atoms with Gasteiger partial charge in [0.1, 0.15) is 0 Å². The van der Waals surface area contributed by atoms with Gasteiger partial charge in [0.15, 0.2) is 5.76 Å². The van der Waals surface area contributed by atoms with Gasteiger partial charge in [-0.25, -0.2) is 0 Å².